The first kappa shape index (κ1) is 19.3. The summed E-state index contributed by atoms with van der Waals surface area (Å²) in [6.07, 6.45) is 1.24. The van der Waals surface area contributed by atoms with Crippen LogP contribution in [-0.4, -0.2) is 36.6 Å². The van der Waals surface area contributed by atoms with E-state index < -0.39 is 0 Å². The number of hydrogen-bond acceptors (Lipinski definition) is 4. The third-order valence-corrected chi connectivity index (χ3v) is 5.52. The van der Waals surface area contributed by atoms with Crippen LogP contribution in [0.4, 0.5) is 10.5 Å². The first-order valence-corrected chi connectivity index (χ1v) is 10.0. The summed E-state index contributed by atoms with van der Waals surface area (Å²) in [6, 6.07) is 17.8. The number of nitrogens with one attached hydrogen (secondary N) is 1. The van der Waals surface area contributed by atoms with Gasteiger partial charge in [0, 0.05) is 22.9 Å². The lowest BCUT2D eigenvalue weighted by molar-refractivity contribution is -0.121. The van der Waals surface area contributed by atoms with E-state index in [-0.39, 0.29) is 17.9 Å². The van der Waals surface area contributed by atoms with E-state index in [2.05, 4.69) is 5.32 Å². The summed E-state index contributed by atoms with van der Waals surface area (Å²) < 4.78 is 5.07. The van der Waals surface area contributed by atoms with E-state index in [1.54, 1.807) is 23.6 Å². The van der Waals surface area contributed by atoms with Crippen LogP contribution < -0.4 is 5.32 Å². The molecule has 1 saturated heterocycles. The van der Waals surface area contributed by atoms with Gasteiger partial charge in [-0.05, 0) is 44.0 Å². The largest absolute Gasteiger partial charge is 0.450 e. The van der Waals surface area contributed by atoms with Gasteiger partial charge in [-0.25, -0.2) is 4.79 Å². The fraction of sp³-hybridized carbons (Fsp3) is 0.333. The summed E-state index contributed by atoms with van der Waals surface area (Å²) in [6.45, 7) is 3.17. The maximum atomic E-state index is 12.8. The van der Waals surface area contributed by atoms with E-state index in [9.17, 15) is 9.59 Å². The van der Waals surface area contributed by atoms with Gasteiger partial charge in [0.15, 0.2) is 0 Å². The predicted molar refractivity (Wildman–Crippen MR) is 107 cm³/mol. The summed E-state index contributed by atoms with van der Waals surface area (Å²) in [7, 11) is 0. The highest BCUT2D eigenvalue weighted by Gasteiger charge is 2.29. The first-order chi connectivity index (χ1) is 13.2. The third-order valence-electron chi connectivity index (χ3n) is 4.43. The molecule has 142 valence electrons. The molecule has 1 unspecified atom stereocenters. The minimum absolute atomic E-state index is 0.0508. The molecular formula is C21H24N2O3S. The van der Waals surface area contributed by atoms with E-state index in [1.165, 1.54) is 0 Å². The zero-order valence-corrected chi connectivity index (χ0v) is 16.2. The molecule has 2 amide bonds. The van der Waals surface area contributed by atoms with E-state index in [4.69, 9.17) is 4.74 Å². The molecule has 0 aliphatic carbocycles. The van der Waals surface area contributed by atoms with Crippen molar-refractivity contribution in [3.05, 3.63) is 54.6 Å². The lowest BCUT2D eigenvalue weighted by Gasteiger charge is -2.31. The Hall–Kier alpha value is -2.47. The van der Waals surface area contributed by atoms with Gasteiger partial charge in [0.05, 0.1) is 18.2 Å². The molecule has 0 radical (unpaired) electrons. The SMILES string of the molecule is CCOC(=O)N1CCCC(C(=O)Nc2ccccc2Sc2ccccc2)C1. The minimum Gasteiger partial charge on any atom is -0.450 e. The van der Waals surface area contributed by atoms with Gasteiger partial charge in [0.2, 0.25) is 5.91 Å². The maximum Gasteiger partial charge on any atom is 0.409 e. The smallest absolute Gasteiger partial charge is 0.409 e. The molecule has 1 aliphatic rings. The first-order valence-electron chi connectivity index (χ1n) is 9.22. The van der Waals surface area contributed by atoms with Crippen molar-refractivity contribution in [3.63, 3.8) is 0 Å². The molecule has 3 rings (SSSR count). The van der Waals surface area contributed by atoms with Gasteiger partial charge in [0.1, 0.15) is 0 Å². The van der Waals surface area contributed by atoms with Gasteiger partial charge < -0.3 is 15.0 Å². The Balaban J connectivity index is 1.66. The topological polar surface area (TPSA) is 58.6 Å². The number of amides is 2. The number of nitrogens with zero attached hydrogens (tertiary/aromatic N) is 1. The van der Waals surface area contributed by atoms with Crippen molar-refractivity contribution >= 4 is 29.4 Å². The molecule has 0 bridgehead atoms. The minimum atomic E-state index is -0.338. The van der Waals surface area contributed by atoms with Crippen LogP contribution in [0.1, 0.15) is 19.8 Å². The van der Waals surface area contributed by atoms with Crippen LogP contribution in [0, 0.1) is 5.92 Å². The summed E-state index contributed by atoms with van der Waals surface area (Å²) in [5.74, 6) is -0.275. The summed E-state index contributed by atoms with van der Waals surface area (Å²) in [4.78, 5) is 28.5. The number of anilines is 1. The average molecular weight is 385 g/mol. The van der Waals surface area contributed by atoms with Crippen LogP contribution in [0.2, 0.25) is 0 Å². The molecule has 0 saturated carbocycles. The number of carbonyl (C=O) groups is 2. The maximum absolute atomic E-state index is 12.8. The second-order valence-electron chi connectivity index (χ2n) is 6.38. The van der Waals surface area contributed by atoms with Crippen molar-refractivity contribution in [1.29, 1.82) is 0 Å². The standard InChI is InChI=1S/C21H24N2O3S/c1-2-26-21(25)23-14-8-9-16(15-23)20(24)22-18-12-6-7-13-19(18)27-17-10-4-3-5-11-17/h3-7,10-13,16H,2,8-9,14-15H2,1H3,(H,22,24). The molecule has 2 aromatic rings. The molecular weight excluding hydrogens is 360 g/mol. The van der Waals surface area contributed by atoms with Gasteiger partial charge >= 0.3 is 6.09 Å². The molecule has 1 atom stereocenters. The summed E-state index contributed by atoms with van der Waals surface area (Å²) in [5, 5.41) is 3.05. The van der Waals surface area contributed by atoms with Crippen molar-refractivity contribution in [2.45, 2.75) is 29.6 Å². The van der Waals surface area contributed by atoms with Crippen molar-refractivity contribution in [2.24, 2.45) is 5.92 Å². The molecule has 1 aliphatic heterocycles. The highest BCUT2D eigenvalue weighted by molar-refractivity contribution is 7.99. The van der Waals surface area contributed by atoms with E-state index in [0.717, 1.165) is 28.3 Å². The molecule has 0 aromatic heterocycles. The number of likely N-dealkylation sites (tertiary alicyclic amines) is 1. The second kappa shape index (κ2) is 9.46. The van der Waals surface area contributed by atoms with Crippen LogP contribution in [0.15, 0.2) is 64.4 Å². The zero-order chi connectivity index (χ0) is 19.1. The Kier molecular flexibility index (Phi) is 6.76. The van der Waals surface area contributed by atoms with Crippen molar-refractivity contribution in [2.75, 3.05) is 25.0 Å². The molecule has 1 heterocycles. The highest BCUT2D eigenvalue weighted by Crippen LogP contribution is 2.33. The summed E-state index contributed by atoms with van der Waals surface area (Å²) in [5.41, 5.74) is 0.796. The van der Waals surface area contributed by atoms with E-state index in [0.29, 0.717) is 19.7 Å². The molecule has 1 fully saturated rings. The summed E-state index contributed by atoms with van der Waals surface area (Å²) >= 11 is 1.62. The van der Waals surface area contributed by atoms with Crippen LogP contribution in [0.25, 0.3) is 0 Å². The van der Waals surface area contributed by atoms with Gasteiger partial charge in [-0.3, -0.25) is 4.79 Å². The third kappa shape index (κ3) is 5.26. The van der Waals surface area contributed by atoms with Gasteiger partial charge in [-0.15, -0.1) is 0 Å². The quantitative estimate of drug-likeness (QED) is 0.815. The number of benzene rings is 2. The van der Waals surface area contributed by atoms with Gasteiger partial charge in [-0.1, -0.05) is 42.1 Å². The Labute approximate surface area is 164 Å². The second-order valence-corrected chi connectivity index (χ2v) is 7.50. The monoisotopic (exact) mass is 384 g/mol. The number of ether oxygens (including phenoxy) is 1. The number of piperidine rings is 1. The molecule has 6 heteroatoms. The fourth-order valence-corrected chi connectivity index (χ4v) is 4.00. The van der Waals surface area contributed by atoms with E-state index >= 15 is 0 Å². The lowest BCUT2D eigenvalue weighted by Crippen LogP contribution is -2.44. The lowest BCUT2D eigenvalue weighted by atomic mass is 9.97. The van der Waals surface area contributed by atoms with Crippen LogP contribution in [0.3, 0.4) is 0 Å². The Morgan fingerprint density at radius 2 is 1.89 bits per heavy atom. The van der Waals surface area contributed by atoms with Crippen molar-refractivity contribution in [1.82, 2.24) is 4.90 Å². The molecule has 5 nitrogen and oxygen atoms in total. The number of para-hydroxylation sites is 1. The zero-order valence-electron chi connectivity index (χ0n) is 15.4. The Morgan fingerprint density at radius 1 is 1.15 bits per heavy atom. The number of hydrogen-bond donors (Lipinski definition) is 1. The predicted octanol–water partition coefficient (Wildman–Crippen LogP) is 4.64. The van der Waals surface area contributed by atoms with Gasteiger partial charge in [0.25, 0.3) is 0 Å². The Morgan fingerprint density at radius 3 is 2.67 bits per heavy atom. The van der Waals surface area contributed by atoms with Crippen molar-refractivity contribution in [3.8, 4) is 0 Å². The molecule has 0 spiro atoms. The van der Waals surface area contributed by atoms with Crippen molar-refractivity contribution < 1.29 is 14.3 Å². The Bertz CT molecular complexity index is 782. The fourth-order valence-electron chi connectivity index (χ4n) is 3.08. The normalized spacial score (nSPS) is 16.6. The van der Waals surface area contributed by atoms with Gasteiger partial charge in [-0.2, -0.15) is 0 Å². The highest BCUT2D eigenvalue weighted by atomic mass is 32.2. The van der Waals surface area contributed by atoms with Crippen LogP contribution in [0.5, 0.6) is 0 Å². The molecule has 1 N–H and O–H groups in total. The molecule has 27 heavy (non-hydrogen) atoms. The average Bonchev–Trinajstić information content (AvgIpc) is 2.70. The van der Waals surface area contributed by atoms with Crippen LogP contribution in [-0.2, 0) is 9.53 Å². The number of carbonyl (C=O) groups excluding carboxylic acids is 2. The van der Waals surface area contributed by atoms with E-state index in [1.807, 2.05) is 54.6 Å². The van der Waals surface area contributed by atoms with Crippen LogP contribution >= 0.6 is 11.8 Å². The number of rotatable bonds is 5. The molecule has 2 aromatic carbocycles.